The number of nitrogens with one attached hydrogen (secondary N) is 3. The Balaban J connectivity index is 1.83. The summed E-state index contributed by atoms with van der Waals surface area (Å²) in [4.78, 5) is 23.6. The van der Waals surface area contributed by atoms with Crippen LogP contribution in [0.1, 0.15) is 55.5 Å². The van der Waals surface area contributed by atoms with Gasteiger partial charge < -0.3 is 25.8 Å². The van der Waals surface area contributed by atoms with Crippen LogP contribution < -0.4 is 16.0 Å². The van der Waals surface area contributed by atoms with Crippen LogP contribution in [0.25, 0.3) is 0 Å². The Labute approximate surface area is 157 Å². The van der Waals surface area contributed by atoms with E-state index in [1.807, 2.05) is 0 Å². The molecule has 148 valence electrons. The normalized spacial score (nSPS) is 22.4. The second kappa shape index (κ2) is 7.34. The molecule has 7 nitrogen and oxygen atoms in total. The Bertz CT molecular complexity index is 743. The zero-order valence-corrected chi connectivity index (χ0v) is 15.8. The first kappa shape index (κ1) is 19.4. The molecule has 0 radical (unpaired) electrons. The maximum Gasteiger partial charge on any atom is 0.407 e. The molecule has 1 heterocycles. The maximum atomic E-state index is 15.2. The predicted molar refractivity (Wildman–Crippen MR) is 98.8 cm³/mol. The van der Waals surface area contributed by atoms with Gasteiger partial charge in [-0.2, -0.15) is 0 Å². The maximum absolute atomic E-state index is 15.2. The van der Waals surface area contributed by atoms with Crippen LogP contribution in [0.3, 0.4) is 0 Å². The number of hydrogen-bond acceptors (Lipinski definition) is 5. The Morgan fingerprint density at radius 3 is 2.56 bits per heavy atom. The first-order valence-corrected chi connectivity index (χ1v) is 9.18. The van der Waals surface area contributed by atoms with Crippen LogP contribution in [0, 0.1) is 5.82 Å². The largest absolute Gasteiger partial charge is 0.478 e. The summed E-state index contributed by atoms with van der Waals surface area (Å²) < 4.78 is 20.5. The van der Waals surface area contributed by atoms with Crippen molar-refractivity contribution < 1.29 is 23.8 Å². The summed E-state index contributed by atoms with van der Waals surface area (Å²) in [6.07, 6.45) is 1.24. The van der Waals surface area contributed by atoms with Gasteiger partial charge in [0.1, 0.15) is 5.60 Å². The number of carbonyl (C=O) groups is 2. The van der Waals surface area contributed by atoms with E-state index >= 15 is 4.39 Å². The molecule has 2 atom stereocenters. The number of amides is 1. The smallest absolute Gasteiger partial charge is 0.407 e. The molecule has 1 aromatic rings. The standard InChI is InChI=1S/C19H26FN3O4/c1-19(2,3)27-18(26)23-14-9-21-8-13(14)11-6-7-12(17(24)25)16(15(11)20)22-10-4-5-10/h6-7,10,13-14,21-22H,4-5,8-9H2,1-3H3,(H,23,26)(H,24,25). The summed E-state index contributed by atoms with van der Waals surface area (Å²) in [5.41, 5.74) is -0.285. The molecule has 0 bridgehead atoms. The molecule has 8 heteroatoms. The van der Waals surface area contributed by atoms with Gasteiger partial charge >= 0.3 is 12.1 Å². The van der Waals surface area contributed by atoms with Gasteiger partial charge in [-0.15, -0.1) is 0 Å². The van der Waals surface area contributed by atoms with Crippen molar-refractivity contribution in [2.75, 3.05) is 18.4 Å². The highest BCUT2D eigenvalue weighted by Crippen LogP contribution is 2.34. The summed E-state index contributed by atoms with van der Waals surface area (Å²) >= 11 is 0. The molecule has 1 amide bonds. The molecule has 1 aliphatic carbocycles. The van der Waals surface area contributed by atoms with Crippen LogP contribution in [0.4, 0.5) is 14.9 Å². The molecule has 3 rings (SSSR count). The molecule has 0 spiro atoms. The molecule has 1 saturated heterocycles. The molecule has 1 saturated carbocycles. The average Bonchev–Trinajstić information content (AvgIpc) is 3.25. The van der Waals surface area contributed by atoms with Crippen molar-refractivity contribution in [3.63, 3.8) is 0 Å². The summed E-state index contributed by atoms with van der Waals surface area (Å²) in [7, 11) is 0. The number of halogens is 1. The van der Waals surface area contributed by atoms with Gasteiger partial charge in [0.05, 0.1) is 17.3 Å². The molecule has 0 aromatic heterocycles. The van der Waals surface area contributed by atoms with Crippen LogP contribution >= 0.6 is 0 Å². The zero-order chi connectivity index (χ0) is 19.8. The van der Waals surface area contributed by atoms with E-state index in [0.717, 1.165) is 12.8 Å². The topological polar surface area (TPSA) is 99.7 Å². The number of anilines is 1. The predicted octanol–water partition coefficient (Wildman–Crippen LogP) is 2.68. The summed E-state index contributed by atoms with van der Waals surface area (Å²) in [6, 6.07) is 2.69. The Morgan fingerprint density at radius 1 is 1.26 bits per heavy atom. The fourth-order valence-corrected chi connectivity index (χ4v) is 3.25. The summed E-state index contributed by atoms with van der Waals surface area (Å²) in [5, 5.41) is 18.3. The van der Waals surface area contributed by atoms with E-state index in [1.54, 1.807) is 20.8 Å². The molecular weight excluding hydrogens is 353 g/mol. The number of carboxylic acids is 1. The lowest BCUT2D eigenvalue weighted by molar-refractivity contribution is 0.0503. The minimum atomic E-state index is -1.17. The van der Waals surface area contributed by atoms with Crippen molar-refractivity contribution in [2.24, 2.45) is 0 Å². The van der Waals surface area contributed by atoms with Crippen LogP contribution in [-0.2, 0) is 4.74 Å². The molecule has 27 heavy (non-hydrogen) atoms. The number of hydrogen-bond donors (Lipinski definition) is 4. The van der Waals surface area contributed by atoms with Crippen LogP contribution in [0.15, 0.2) is 12.1 Å². The van der Waals surface area contributed by atoms with Crippen molar-refractivity contribution >= 4 is 17.7 Å². The number of aromatic carboxylic acids is 1. The van der Waals surface area contributed by atoms with Gasteiger partial charge in [-0.3, -0.25) is 0 Å². The minimum absolute atomic E-state index is 0.0328. The number of alkyl carbamates (subject to hydrolysis) is 1. The third kappa shape index (κ3) is 4.68. The first-order chi connectivity index (χ1) is 12.7. The highest BCUT2D eigenvalue weighted by Gasteiger charge is 2.35. The lowest BCUT2D eigenvalue weighted by atomic mass is 9.92. The quantitative estimate of drug-likeness (QED) is 0.628. The van der Waals surface area contributed by atoms with Crippen molar-refractivity contribution in [1.29, 1.82) is 0 Å². The monoisotopic (exact) mass is 379 g/mol. The summed E-state index contributed by atoms with van der Waals surface area (Å²) in [5.74, 6) is -2.05. The lowest BCUT2D eigenvalue weighted by Gasteiger charge is -2.25. The average molecular weight is 379 g/mol. The number of benzene rings is 1. The van der Waals surface area contributed by atoms with Crippen LogP contribution in [0.5, 0.6) is 0 Å². The van der Waals surface area contributed by atoms with Gasteiger partial charge in [-0.25, -0.2) is 14.0 Å². The Morgan fingerprint density at radius 2 is 1.96 bits per heavy atom. The second-order valence-corrected chi connectivity index (χ2v) is 8.13. The van der Waals surface area contributed by atoms with Crippen molar-refractivity contribution in [3.8, 4) is 0 Å². The van der Waals surface area contributed by atoms with E-state index in [0.29, 0.717) is 18.7 Å². The van der Waals surface area contributed by atoms with Gasteiger partial charge in [0, 0.05) is 25.0 Å². The van der Waals surface area contributed by atoms with E-state index in [1.165, 1.54) is 12.1 Å². The molecule has 4 N–H and O–H groups in total. The van der Waals surface area contributed by atoms with E-state index in [-0.39, 0.29) is 29.3 Å². The molecular formula is C19H26FN3O4. The molecule has 2 fully saturated rings. The lowest BCUT2D eigenvalue weighted by Crippen LogP contribution is -2.42. The highest BCUT2D eigenvalue weighted by atomic mass is 19.1. The fraction of sp³-hybridized carbons (Fsp3) is 0.579. The number of carboxylic acid groups (broad SMARTS) is 1. The molecule has 2 aliphatic rings. The van der Waals surface area contributed by atoms with Gasteiger partial charge in [-0.05, 0) is 45.2 Å². The fourth-order valence-electron chi connectivity index (χ4n) is 3.25. The Hall–Kier alpha value is -2.35. The van der Waals surface area contributed by atoms with Gasteiger partial charge in [0.25, 0.3) is 0 Å². The van der Waals surface area contributed by atoms with Crippen molar-refractivity contribution in [3.05, 3.63) is 29.1 Å². The summed E-state index contributed by atoms with van der Waals surface area (Å²) in [6.45, 7) is 6.29. The first-order valence-electron chi connectivity index (χ1n) is 9.18. The number of ether oxygens (including phenoxy) is 1. The van der Waals surface area contributed by atoms with Crippen LogP contribution in [-0.4, -0.2) is 47.9 Å². The Kier molecular flexibility index (Phi) is 5.28. The van der Waals surface area contributed by atoms with E-state index in [2.05, 4.69) is 16.0 Å². The second-order valence-electron chi connectivity index (χ2n) is 8.13. The van der Waals surface area contributed by atoms with Crippen molar-refractivity contribution in [2.45, 2.75) is 57.2 Å². The third-order valence-corrected chi connectivity index (χ3v) is 4.64. The highest BCUT2D eigenvalue weighted by molar-refractivity contribution is 5.94. The van der Waals surface area contributed by atoms with Crippen LogP contribution in [0.2, 0.25) is 0 Å². The SMILES string of the molecule is CC(C)(C)OC(=O)NC1CNCC1c1ccc(C(=O)O)c(NC2CC2)c1F. The van der Waals surface area contributed by atoms with Crippen molar-refractivity contribution in [1.82, 2.24) is 10.6 Å². The van der Waals surface area contributed by atoms with Gasteiger partial charge in [0.2, 0.25) is 0 Å². The number of rotatable bonds is 5. The van der Waals surface area contributed by atoms with Gasteiger partial charge in [0.15, 0.2) is 5.82 Å². The molecule has 1 aliphatic heterocycles. The van der Waals surface area contributed by atoms with Gasteiger partial charge in [-0.1, -0.05) is 6.07 Å². The third-order valence-electron chi connectivity index (χ3n) is 4.64. The van der Waals surface area contributed by atoms with E-state index in [9.17, 15) is 14.7 Å². The minimum Gasteiger partial charge on any atom is -0.478 e. The van der Waals surface area contributed by atoms with E-state index in [4.69, 9.17) is 4.74 Å². The molecule has 2 unspecified atom stereocenters. The molecule has 1 aromatic carbocycles. The van der Waals surface area contributed by atoms with E-state index < -0.39 is 23.5 Å². The number of carbonyl (C=O) groups excluding carboxylic acids is 1. The zero-order valence-electron chi connectivity index (χ0n) is 15.8.